The number of carbonyl (C=O) groups is 2. The van der Waals surface area contributed by atoms with Gasteiger partial charge in [-0.15, -0.1) is 0 Å². The SMILES string of the molecule is CC(C)(C)NCC(O)c1ccccc1.CC(C)(C)NCC(O)c1ccccc1.O=C(O)/C=C/C(=O)O. The summed E-state index contributed by atoms with van der Waals surface area (Å²) in [6, 6.07) is 19.4. The molecule has 0 heterocycles. The maximum atomic E-state index is 9.82. The largest absolute Gasteiger partial charge is 0.478 e. The van der Waals surface area contributed by atoms with Crippen LogP contribution in [0.15, 0.2) is 72.8 Å². The minimum Gasteiger partial charge on any atom is -0.478 e. The Balaban J connectivity index is 0.000000533. The number of aliphatic carboxylic acids is 2. The van der Waals surface area contributed by atoms with Crippen LogP contribution in [0.4, 0.5) is 0 Å². The molecule has 0 fully saturated rings. The highest BCUT2D eigenvalue weighted by Gasteiger charge is 2.13. The molecule has 2 rings (SSSR count). The minimum absolute atomic E-state index is 0.0513. The van der Waals surface area contributed by atoms with Crippen LogP contribution in [0.3, 0.4) is 0 Å². The lowest BCUT2D eigenvalue weighted by molar-refractivity contribution is -0.134. The number of nitrogens with one attached hydrogen (secondary N) is 2. The number of benzene rings is 2. The highest BCUT2D eigenvalue weighted by atomic mass is 16.4. The van der Waals surface area contributed by atoms with E-state index < -0.39 is 24.1 Å². The molecular formula is C28H42N2O6. The Bertz CT molecular complexity index is 828. The third-order valence-electron chi connectivity index (χ3n) is 4.39. The zero-order valence-electron chi connectivity index (χ0n) is 22.1. The van der Waals surface area contributed by atoms with Crippen molar-refractivity contribution in [1.29, 1.82) is 0 Å². The summed E-state index contributed by atoms with van der Waals surface area (Å²) in [7, 11) is 0. The summed E-state index contributed by atoms with van der Waals surface area (Å²) in [6.07, 6.45) is 0.274. The van der Waals surface area contributed by atoms with Crippen molar-refractivity contribution in [1.82, 2.24) is 10.6 Å². The average Bonchev–Trinajstić information content (AvgIpc) is 2.80. The van der Waals surface area contributed by atoms with Crippen LogP contribution in [0.2, 0.25) is 0 Å². The van der Waals surface area contributed by atoms with Crippen molar-refractivity contribution in [2.45, 2.75) is 64.8 Å². The molecule has 0 amide bonds. The van der Waals surface area contributed by atoms with E-state index in [0.717, 1.165) is 11.1 Å². The number of rotatable bonds is 8. The molecule has 8 heteroatoms. The molecule has 0 spiro atoms. The molecule has 2 aromatic rings. The highest BCUT2D eigenvalue weighted by molar-refractivity contribution is 5.89. The van der Waals surface area contributed by atoms with E-state index in [4.69, 9.17) is 10.2 Å². The van der Waals surface area contributed by atoms with E-state index in [1.165, 1.54) is 0 Å². The van der Waals surface area contributed by atoms with Crippen molar-refractivity contribution in [2.24, 2.45) is 0 Å². The summed E-state index contributed by atoms with van der Waals surface area (Å²) in [6.45, 7) is 13.7. The van der Waals surface area contributed by atoms with Gasteiger partial charge in [-0.1, -0.05) is 60.7 Å². The molecule has 8 nitrogen and oxygen atoms in total. The lowest BCUT2D eigenvalue weighted by Gasteiger charge is -2.23. The molecule has 0 radical (unpaired) electrons. The number of β-amino-alcohol motifs (C(OH)–C–C–N with tert-alkyl or cyclic N) is 2. The van der Waals surface area contributed by atoms with Crippen molar-refractivity contribution < 1.29 is 30.0 Å². The van der Waals surface area contributed by atoms with Gasteiger partial charge in [0.1, 0.15) is 0 Å². The van der Waals surface area contributed by atoms with E-state index in [1.54, 1.807) is 0 Å². The Kier molecular flexibility index (Phi) is 15.2. The van der Waals surface area contributed by atoms with E-state index in [9.17, 15) is 19.8 Å². The van der Waals surface area contributed by atoms with Crippen LogP contribution < -0.4 is 10.6 Å². The average molecular weight is 503 g/mol. The van der Waals surface area contributed by atoms with Gasteiger partial charge in [0.2, 0.25) is 0 Å². The smallest absolute Gasteiger partial charge is 0.328 e. The molecule has 2 unspecified atom stereocenters. The van der Waals surface area contributed by atoms with Gasteiger partial charge in [-0.3, -0.25) is 0 Å². The van der Waals surface area contributed by atoms with Crippen molar-refractivity contribution in [3.05, 3.63) is 83.9 Å². The summed E-state index contributed by atoms with van der Waals surface area (Å²) in [5.74, 6) is -2.51. The molecule has 0 aliphatic carbocycles. The molecule has 0 saturated carbocycles. The Morgan fingerprint density at radius 2 is 0.944 bits per heavy atom. The van der Waals surface area contributed by atoms with Crippen LogP contribution >= 0.6 is 0 Å². The molecule has 6 N–H and O–H groups in total. The predicted octanol–water partition coefficient (Wildman–Crippen LogP) is 3.93. The monoisotopic (exact) mass is 502 g/mol. The lowest BCUT2D eigenvalue weighted by Crippen LogP contribution is -2.38. The second kappa shape index (κ2) is 16.6. The second-order valence-corrected chi connectivity index (χ2v) is 10.1. The summed E-state index contributed by atoms with van der Waals surface area (Å²) in [4.78, 5) is 19.1. The van der Waals surface area contributed by atoms with Gasteiger partial charge in [-0.05, 0) is 52.7 Å². The van der Waals surface area contributed by atoms with E-state index in [1.807, 2.05) is 60.7 Å². The number of carboxylic acid groups (broad SMARTS) is 2. The first-order chi connectivity index (χ1) is 16.6. The van der Waals surface area contributed by atoms with Gasteiger partial charge in [0.25, 0.3) is 0 Å². The zero-order chi connectivity index (χ0) is 27.8. The van der Waals surface area contributed by atoms with Crippen molar-refractivity contribution >= 4 is 11.9 Å². The third kappa shape index (κ3) is 19.3. The summed E-state index contributed by atoms with van der Waals surface area (Å²) in [5.41, 5.74) is 2.03. The van der Waals surface area contributed by atoms with Crippen LogP contribution in [-0.2, 0) is 9.59 Å². The summed E-state index contributed by atoms with van der Waals surface area (Å²) >= 11 is 0. The van der Waals surface area contributed by atoms with Gasteiger partial charge in [-0.25, -0.2) is 9.59 Å². The first-order valence-corrected chi connectivity index (χ1v) is 11.7. The maximum absolute atomic E-state index is 9.82. The van der Waals surface area contributed by atoms with Crippen molar-refractivity contribution in [2.75, 3.05) is 13.1 Å². The van der Waals surface area contributed by atoms with E-state index in [0.29, 0.717) is 25.2 Å². The molecule has 36 heavy (non-hydrogen) atoms. The summed E-state index contributed by atoms with van der Waals surface area (Å²) in [5, 5.41) is 41.8. The molecule has 2 aromatic carbocycles. The molecular weight excluding hydrogens is 460 g/mol. The van der Waals surface area contributed by atoms with Crippen LogP contribution in [0, 0.1) is 0 Å². The van der Waals surface area contributed by atoms with Crippen LogP contribution in [0.1, 0.15) is 64.9 Å². The number of aliphatic hydroxyl groups is 2. The number of hydrogen-bond donors (Lipinski definition) is 6. The topological polar surface area (TPSA) is 139 Å². The zero-order valence-corrected chi connectivity index (χ0v) is 22.1. The third-order valence-corrected chi connectivity index (χ3v) is 4.39. The molecule has 0 aromatic heterocycles. The number of carboxylic acids is 2. The number of hydrogen-bond acceptors (Lipinski definition) is 6. The molecule has 200 valence electrons. The Labute approximate surface area is 214 Å². The van der Waals surface area contributed by atoms with Gasteiger partial charge >= 0.3 is 11.9 Å². The standard InChI is InChI=1S/2C12H19NO.C4H4O4/c2*1-12(2,3)13-9-11(14)10-7-5-4-6-8-10;5-3(6)1-2-4(7)8/h2*4-8,11,13-14H,9H2,1-3H3;1-2H,(H,5,6)(H,7,8)/b;;2-1+. The maximum Gasteiger partial charge on any atom is 0.328 e. The summed E-state index contributed by atoms with van der Waals surface area (Å²) < 4.78 is 0. The van der Waals surface area contributed by atoms with Crippen molar-refractivity contribution in [3.63, 3.8) is 0 Å². The number of aliphatic hydroxyl groups excluding tert-OH is 2. The van der Waals surface area contributed by atoms with Gasteiger partial charge in [0.15, 0.2) is 0 Å². The second-order valence-electron chi connectivity index (χ2n) is 10.1. The van der Waals surface area contributed by atoms with E-state index >= 15 is 0 Å². The van der Waals surface area contributed by atoms with Crippen LogP contribution in [0.25, 0.3) is 0 Å². The molecule has 0 aliphatic heterocycles. The van der Waals surface area contributed by atoms with Gasteiger partial charge in [-0.2, -0.15) is 0 Å². The molecule has 2 atom stereocenters. The lowest BCUT2D eigenvalue weighted by atomic mass is 10.1. The Morgan fingerprint density at radius 1 is 0.667 bits per heavy atom. The first kappa shape index (κ1) is 33.0. The molecule has 0 saturated heterocycles. The fourth-order valence-electron chi connectivity index (χ4n) is 2.53. The van der Waals surface area contributed by atoms with E-state index in [-0.39, 0.29) is 11.1 Å². The van der Waals surface area contributed by atoms with Crippen LogP contribution in [0.5, 0.6) is 0 Å². The molecule has 0 bridgehead atoms. The first-order valence-electron chi connectivity index (χ1n) is 11.7. The normalized spacial score (nSPS) is 13.0. The van der Waals surface area contributed by atoms with Gasteiger partial charge in [0.05, 0.1) is 12.2 Å². The fraction of sp³-hybridized carbons (Fsp3) is 0.429. The molecule has 0 aliphatic rings. The fourth-order valence-corrected chi connectivity index (χ4v) is 2.53. The van der Waals surface area contributed by atoms with Crippen LogP contribution in [-0.4, -0.2) is 56.5 Å². The van der Waals surface area contributed by atoms with E-state index in [2.05, 4.69) is 52.2 Å². The Morgan fingerprint density at radius 3 is 1.17 bits per heavy atom. The van der Waals surface area contributed by atoms with Gasteiger partial charge < -0.3 is 31.1 Å². The van der Waals surface area contributed by atoms with Gasteiger partial charge in [0, 0.05) is 36.3 Å². The Hall–Kier alpha value is -3.04. The predicted molar refractivity (Wildman–Crippen MR) is 143 cm³/mol. The van der Waals surface area contributed by atoms with Crippen molar-refractivity contribution in [3.8, 4) is 0 Å². The highest BCUT2D eigenvalue weighted by Crippen LogP contribution is 2.13. The minimum atomic E-state index is -1.26. The quantitative estimate of drug-likeness (QED) is 0.299.